The molecule has 9 heteroatoms. The molecule has 0 aliphatic rings. The van der Waals surface area contributed by atoms with Crippen LogP contribution in [-0.4, -0.2) is 46.1 Å². The molecule has 2 unspecified atom stereocenters. The fourth-order valence-electron chi connectivity index (χ4n) is 0.258. The standard InChI is InChI=1S/C4H6O6.C2H6O.2Na/c5-1(3(7)8)2(6)4(9)10;1-2-3;;/h1-2,5-6H,(H,7,8)(H,9,10);3H,2H2,1H3;;/q;;2*+1/p-2. The zero-order valence-corrected chi connectivity index (χ0v) is 12.8. The third-order valence-corrected chi connectivity index (χ3v) is 0.782. The molecule has 0 aromatic carbocycles. The number of carboxylic acids is 2. The normalized spacial score (nSPS) is 11.7. The van der Waals surface area contributed by atoms with Gasteiger partial charge in [0.1, 0.15) is 12.2 Å². The quantitative estimate of drug-likeness (QED) is 0.416. The van der Waals surface area contributed by atoms with E-state index < -0.39 is 24.1 Å². The molecule has 3 N–H and O–H groups in total. The van der Waals surface area contributed by atoms with Crippen molar-refractivity contribution >= 4 is 11.9 Å². The third kappa shape index (κ3) is 14.8. The summed E-state index contributed by atoms with van der Waals surface area (Å²) in [4.78, 5) is 19.3. The molecule has 0 radical (unpaired) electrons. The number of aliphatic hydroxyl groups excluding tert-OH is 3. The maximum atomic E-state index is 9.63. The van der Waals surface area contributed by atoms with Gasteiger partial charge in [0, 0.05) is 6.61 Å². The molecule has 0 amide bonds. The Balaban J connectivity index is -0.000000108. The molecule has 0 spiro atoms. The molecular formula is C6H10Na2O7. The number of carbonyl (C=O) groups is 2. The molecule has 0 bridgehead atoms. The average molecular weight is 240 g/mol. The van der Waals surface area contributed by atoms with E-state index in [9.17, 15) is 19.8 Å². The molecule has 0 aromatic rings. The molecule has 0 saturated carbocycles. The Morgan fingerprint density at radius 1 is 1.07 bits per heavy atom. The van der Waals surface area contributed by atoms with Gasteiger partial charge in [0.05, 0.1) is 11.9 Å². The fourth-order valence-corrected chi connectivity index (χ4v) is 0.258. The minimum absolute atomic E-state index is 0. The Hall–Kier alpha value is 0.820. The van der Waals surface area contributed by atoms with Crippen LogP contribution in [0.15, 0.2) is 0 Å². The van der Waals surface area contributed by atoms with E-state index in [0.29, 0.717) is 0 Å². The summed E-state index contributed by atoms with van der Waals surface area (Å²) in [6, 6.07) is 0. The van der Waals surface area contributed by atoms with E-state index in [1.54, 1.807) is 6.92 Å². The fraction of sp³-hybridized carbons (Fsp3) is 0.667. The summed E-state index contributed by atoms with van der Waals surface area (Å²) in [6.45, 7) is 1.93. The molecule has 15 heavy (non-hydrogen) atoms. The van der Waals surface area contributed by atoms with Crippen molar-refractivity contribution in [3.05, 3.63) is 0 Å². The summed E-state index contributed by atoms with van der Waals surface area (Å²) in [6.07, 6.45) is -4.88. The Labute approximate surface area is 131 Å². The van der Waals surface area contributed by atoms with Crippen LogP contribution < -0.4 is 69.3 Å². The Morgan fingerprint density at radius 3 is 1.27 bits per heavy atom. The van der Waals surface area contributed by atoms with E-state index in [1.807, 2.05) is 0 Å². The summed E-state index contributed by atoms with van der Waals surface area (Å²) >= 11 is 0. The van der Waals surface area contributed by atoms with Crippen molar-refractivity contribution in [3.63, 3.8) is 0 Å². The van der Waals surface area contributed by atoms with Gasteiger partial charge in [-0.15, -0.1) is 0 Å². The number of aliphatic carboxylic acids is 2. The maximum Gasteiger partial charge on any atom is 1.00 e. The maximum absolute atomic E-state index is 9.63. The summed E-state index contributed by atoms with van der Waals surface area (Å²) in [5, 5.41) is 43.3. The first-order valence-corrected chi connectivity index (χ1v) is 3.27. The topological polar surface area (TPSA) is 141 Å². The average Bonchev–Trinajstić information content (AvgIpc) is 2.03. The number of rotatable bonds is 3. The molecule has 0 aliphatic heterocycles. The molecule has 0 aromatic heterocycles. The van der Waals surface area contributed by atoms with Crippen molar-refractivity contribution in [2.45, 2.75) is 19.1 Å². The van der Waals surface area contributed by atoms with Crippen LogP contribution in [0.25, 0.3) is 0 Å². The molecule has 0 fully saturated rings. The van der Waals surface area contributed by atoms with Gasteiger partial charge in [-0.1, -0.05) is 0 Å². The largest absolute Gasteiger partial charge is 1.00 e. The van der Waals surface area contributed by atoms with Crippen LogP contribution >= 0.6 is 0 Å². The van der Waals surface area contributed by atoms with E-state index in [1.165, 1.54) is 0 Å². The van der Waals surface area contributed by atoms with Gasteiger partial charge in [0.2, 0.25) is 0 Å². The second-order valence-electron chi connectivity index (χ2n) is 1.84. The predicted molar refractivity (Wildman–Crippen MR) is 34.8 cm³/mol. The number of hydrogen-bond donors (Lipinski definition) is 3. The molecule has 0 heterocycles. The van der Waals surface area contributed by atoms with Gasteiger partial charge >= 0.3 is 59.1 Å². The number of aliphatic hydroxyl groups is 3. The van der Waals surface area contributed by atoms with Crippen molar-refractivity contribution < 1.29 is 94.2 Å². The first-order chi connectivity index (χ1) is 5.88. The Morgan fingerprint density at radius 2 is 1.20 bits per heavy atom. The van der Waals surface area contributed by atoms with Crippen molar-refractivity contribution in [3.8, 4) is 0 Å². The molecule has 2 atom stereocenters. The summed E-state index contributed by atoms with van der Waals surface area (Å²) in [5.74, 6) is -4.12. The van der Waals surface area contributed by atoms with Gasteiger partial charge in [-0.2, -0.15) is 0 Å². The summed E-state index contributed by atoms with van der Waals surface area (Å²) in [7, 11) is 0. The predicted octanol–water partition coefficient (Wildman–Crippen LogP) is -10.8. The molecule has 0 saturated heterocycles. The van der Waals surface area contributed by atoms with Crippen LogP contribution in [0.4, 0.5) is 0 Å². The zero-order chi connectivity index (χ0) is 11.0. The number of carbonyl (C=O) groups excluding carboxylic acids is 2. The zero-order valence-electron chi connectivity index (χ0n) is 8.84. The van der Waals surface area contributed by atoms with Gasteiger partial charge in [-0.3, -0.25) is 0 Å². The van der Waals surface area contributed by atoms with Crippen LogP contribution in [0.1, 0.15) is 6.92 Å². The van der Waals surface area contributed by atoms with Crippen LogP contribution in [-0.2, 0) is 9.59 Å². The number of hydrogen-bond acceptors (Lipinski definition) is 7. The van der Waals surface area contributed by atoms with Gasteiger partial charge in [-0.25, -0.2) is 0 Å². The van der Waals surface area contributed by atoms with Crippen molar-refractivity contribution in [1.82, 2.24) is 0 Å². The van der Waals surface area contributed by atoms with Crippen LogP contribution in [0, 0.1) is 0 Å². The summed E-state index contributed by atoms with van der Waals surface area (Å²) < 4.78 is 0. The van der Waals surface area contributed by atoms with Crippen molar-refractivity contribution in [2.24, 2.45) is 0 Å². The first-order valence-electron chi connectivity index (χ1n) is 3.27. The molecule has 78 valence electrons. The van der Waals surface area contributed by atoms with Crippen molar-refractivity contribution in [2.75, 3.05) is 6.61 Å². The third-order valence-electron chi connectivity index (χ3n) is 0.782. The van der Waals surface area contributed by atoms with Crippen LogP contribution in [0.3, 0.4) is 0 Å². The van der Waals surface area contributed by atoms with E-state index >= 15 is 0 Å². The monoisotopic (exact) mass is 240 g/mol. The van der Waals surface area contributed by atoms with Crippen LogP contribution in [0.2, 0.25) is 0 Å². The molecule has 7 nitrogen and oxygen atoms in total. The Bertz CT molecular complexity index is 157. The van der Waals surface area contributed by atoms with E-state index in [2.05, 4.69) is 0 Å². The smallest absolute Gasteiger partial charge is 0.547 e. The summed E-state index contributed by atoms with van der Waals surface area (Å²) in [5.41, 5.74) is 0. The minimum atomic E-state index is -2.44. The van der Waals surface area contributed by atoms with Gasteiger partial charge in [0.25, 0.3) is 0 Å². The second-order valence-corrected chi connectivity index (χ2v) is 1.84. The van der Waals surface area contributed by atoms with E-state index in [4.69, 9.17) is 15.3 Å². The van der Waals surface area contributed by atoms with E-state index in [0.717, 1.165) is 0 Å². The van der Waals surface area contributed by atoms with E-state index in [-0.39, 0.29) is 65.7 Å². The van der Waals surface area contributed by atoms with Gasteiger partial charge in [0.15, 0.2) is 0 Å². The minimum Gasteiger partial charge on any atom is -0.547 e. The number of carboxylic acid groups (broad SMARTS) is 2. The van der Waals surface area contributed by atoms with Gasteiger partial charge in [-0.05, 0) is 6.92 Å². The van der Waals surface area contributed by atoms with Crippen molar-refractivity contribution in [1.29, 1.82) is 0 Å². The first kappa shape index (κ1) is 24.9. The SMILES string of the molecule is CCO.O=C([O-])C(O)C(O)C(=O)[O-].[Na+].[Na+]. The Kier molecular flexibility index (Phi) is 24.6. The molecule has 0 rings (SSSR count). The van der Waals surface area contributed by atoms with Gasteiger partial charge < -0.3 is 35.1 Å². The molecule has 0 aliphatic carbocycles. The molecular weight excluding hydrogens is 230 g/mol. The van der Waals surface area contributed by atoms with Crippen LogP contribution in [0.5, 0.6) is 0 Å². The second kappa shape index (κ2) is 14.8.